The van der Waals surface area contributed by atoms with E-state index in [0.29, 0.717) is 5.75 Å². The molecule has 1 aliphatic heterocycles. The first-order chi connectivity index (χ1) is 8.07. The van der Waals surface area contributed by atoms with Crippen LogP contribution in [-0.4, -0.2) is 47.3 Å². The van der Waals surface area contributed by atoms with Crippen molar-refractivity contribution in [3.63, 3.8) is 0 Å². The zero-order valence-corrected chi connectivity index (χ0v) is 10.8. The lowest BCUT2D eigenvalue weighted by Crippen LogP contribution is -2.41. The molecule has 1 aromatic rings. The van der Waals surface area contributed by atoms with Crippen LogP contribution < -0.4 is 5.32 Å². The molecule has 1 aliphatic rings. The molecule has 0 bridgehead atoms. The van der Waals surface area contributed by atoms with Gasteiger partial charge in [-0.3, -0.25) is 0 Å². The molecular formula is C10H18N4O2S. The standard InChI is InChI=1S/C10H18N4O2S/c1-14-8-12-13-10(14)4-5-11-9-3-2-6-17(15,16)7-9/h8-9,11H,2-7H2,1H3. The summed E-state index contributed by atoms with van der Waals surface area (Å²) in [7, 11) is -0.917. The van der Waals surface area contributed by atoms with E-state index in [1.807, 2.05) is 11.6 Å². The smallest absolute Gasteiger partial charge is 0.151 e. The highest BCUT2D eigenvalue weighted by Crippen LogP contribution is 2.11. The molecule has 0 radical (unpaired) electrons. The second-order valence-electron chi connectivity index (χ2n) is 4.52. The average molecular weight is 258 g/mol. The zero-order chi connectivity index (χ0) is 12.3. The number of rotatable bonds is 4. The van der Waals surface area contributed by atoms with Crippen LogP contribution in [0, 0.1) is 0 Å². The van der Waals surface area contributed by atoms with Crippen LogP contribution in [0.5, 0.6) is 0 Å². The predicted molar refractivity (Wildman–Crippen MR) is 64.4 cm³/mol. The summed E-state index contributed by atoms with van der Waals surface area (Å²) < 4.78 is 24.8. The lowest BCUT2D eigenvalue weighted by molar-refractivity contribution is 0.479. The van der Waals surface area contributed by atoms with E-state index in [0.717, 1.165) is 31.6 Å². The SMILES string of the molecule is Cn1cnnc1CCNC1CCCS(=O)(=O)C1. The molecule has 17 heavy (non-hydrogen) atoms. The maximum absolute atomic E-state index is 11.4. The Bertz CT molecular complexity index is 468. The minimum atomic E-state index is -2.82. The molecule has 1 aromatic heterocycles. The van der Waals surface area contributed by atoms with Crippen molar-refractivity contribution in [3.8, 4) is 0 Å². The third-order valence-corrected chi connectivity index (χ3v) is 4.87. The first-order valence-corrected chi connectivity index (χ1v) is 7.66. The van der Waals surface area contributed by atoms with E-state index in [2.05, 4.69) is 15.5 Å². The monoisotopic (exact) mass is 258 g/mol. The average Bonchev–Trinajstić information content (AvgIpc) is 2.63. The van der Waals surface area contributed by atoms with Crippen molar-refractivity contribution in [2.75, 3.05) is 18.1 Å². The van der Waals surface area contributed by atoms with Gasteiger partial charge in [-0.25, -0.2) is 8.42 Å². The summed E-state index contributed by atoms with van der Waals surface area (Å²) in [5.74, 6) is 1.52. The van der Waals surface area contributed by atoms with Crippen LogP contribution in [0.25, 0.3) is 0 Å². The van der Waals surface area contributed by atoms with Crippen molar-refractivity contribution in [3.05, 3.63) is 12.2 Å². The Kier molecular flexibility index (Phi) is 3.78. The molecule has 1 atom stereocenters. The number of aromatic nitrogens is 3. The highest BCUT2D eigenvalue weighted by molar-refractivity contribution is 7.91. The molecule has 1 N–H and O–H groups in total. The van der Waals surface area contributed by atoms with Gasteiger partial charge in [0.15, 0.2) is 9.84 Å². The first kappa shape index (κ1) is 12.5. The largest absolute Gasteiger partial charge is 0.321 e. The van der Waals surface area contributed by atoms with Gasteiger partial charge in [-0.1, -0.05) is 0 Å². The third-order valence-electron chi connectivity index (χ3n) is 3.05. The van der Waals surface area contributed by atoms with Crippen LogP contribution in [-0.2, 0) is 23.3 Å². The van der Waals surface area contributed by atoms with Crippen LogP contribution in [0.3, 0.4) is 0 Å². The van der Waals surface area contributed by atoms with E-state index in [9.17, 15) is 8.42 Å². The molecule has 0 amide bonds. The van der Waals surface area contributed by atoms with Gasteiger partial charge in [0, 0.05) is 26.1 Å². The highest BCUT2D eigenvalue weighted by Gasteiger charge is 2.23. The Balaban J connectivity index is 1.77. The molecule has 1 fully saturated rings. The van der Waals surface area contributed by atoms with Gasteiger partial charge in [-0.05, 0) is 12.8 Å². The van der Waals surface area contributed by atoms with Gasteiger partial charge >= 0.3 is 0 Å². The number of hydrogen-bond acceptors (Lipinski definition) is 5. The molecule has 2 rings (SSSR count). The van der Waals surface area contributed by atoms with Crippen molar-refractivity contribution in [1.82, 2.24) is 20.1 Å². The molecule has 0 aromatic carbocycles. The molecule has 7 heteroatoms. The quantitative estimate of drug-likeness (QED) is 0.789. The molecule has 96 valence electrons. The van der Waals surface area contributed by atoms with Gasteiger partial charge in [-0.15, -0.1) is 10.2 Å². The number of nitrogens with one attached hydrogen (secondary N) is 1. The maximum atomic E-state index is 11.4. The van der Waals surface area contributed by atoms with E-state index in [-0.39, 0.29) is 11.8 Å². The Labute approximate surface area is 101 Å². The molecule has 0 saturated carbocycles. The Hall–Kier alpha value is -0.950. The van der Waals surface area contributed by atoms with E-state index < -0.39 is 9.84 Å². The van der Waals surface area contributed by atoms with Crippen molar-refractivity contribution in [2.45, 2.75) is 25.3 Å². The zero-order valence-electron chi connectivity index (χ0n) is 9.96. The van der Waals surface area contributed by atoms with E-state index in [4.69, 9.17) is 0 Å². The minimum Gasteiger partial charge on any atom is -0.321 e. The van der Waals surface area contributed by atoms with Gasteiger partial charge < -0.3 is 9.88 Å². The summed E-state index contributed by atoms with van der Waals surface area (Å²) in [6.45, 7) is 0.743. The Morgan fingerprint density at radius 3 is 3.06 bits per heavy atom. The summed E-state index contributed by atoms with van der Waals surface area (Å²) >= 11 is 0. The van der Waals surface area contributed by atoms with E-state index in [1.165, 1.54) is 0 Å². The van der Waals surface area contributed by atoms with Crippen LogP contribution in [0.4, 0.5) is 0 Å². The lowest BCUT2D eigenvalue weighted by atomic mass is 10.2. The van der Waals surface area contributed by atoms with Crippen LogP contribution >= 0.6 is 0 Å². The van der Waals surface area contributed by atoms with Crippen molar-refractivity contribution in [1.29, 1.82) is 0 Å². The van der Waals surface area contributed by atoms with Gasteiger partial charge in [0.05, 0.1) is 11.5 Å². The van der Waals surface area contributed by atoms with Crippen LogP contribution in [0.2, 0.25) is 0 Å². The molecule has 2 heterocycles. The summed E-state index contributed by atoms with van der Waals surface area (Å²) in [5, 5.41) is 11.1. The maximum Gasteiger partial charge on any atom is 0.151 e. The van der Waals surface area contributed by atoms with E-state index in [1.54, 1.807) is 6.33 Å². The molecule has 1 saturated heterocycles. The summed E-state index contributed by atoms with van der Waals surface area (Å²) in [5.41, 5.74) is 0. The van der Waals surface area contributed by atoms with Crippen molar-refractivity contribution in [2.24, 2.45) is 7.05 Å². The fraction of sp³-hybridized carbons (Fsp3) is 0.800. The molecule has 0 aliphatic carbocycles. The van der Waals surface area contributed by atoms with Crippen molar-refractivity contribution >= 4 is 9.84 Å². The number of nitrogens with zero attached hydrogens (tertiary/aromatic N) is 3. The minimum absolute atomic E-state index is 0.0991. The van der Waals surface area contributed by atoms with Crippen LogP contribution in [0.1, 0.15) is 18.7 Å². The number of hydrogen-bond donors (Lipinski definition) is 1. The van der Waals surface area contributed by atoms with Crippen LogP contribution in [0.15, 0.2) is 6.33 Å². The third kappa shape index (κ3) is 3.50. The lowest BCUT2D eigenvalue weighted by Gasteiger charge is -2.22. The Morgan fingerprint density at radius 1 is 1.59 bits per heavy atom. The normalized spacial score (nSPS) is 23.7. The second-order valence-corrected chi connectivity index (χ2v) is 6.74. The second kappa shape index (κ2) is 5.14. The van der Waals surface area contributed by atoms with E-state index >= 15 is 0 Å². The predicted octanol–water partition coefficient (Wildman–Crippen LogP) is -0.476. The fourth-order valence-corrected chi connectivity index (χ4v) is 3.78. The topological polar surface area (TPSA) is 76.9 Å². The molecular weight excluding hydrogens is 240 g/mol. The summed E-state index contributed by atoms with van der Waals surface area (Å²) in [6.07, 6.45) is 4.15. The van der Waals surface area contributed by atoms with Crippen molar-refractivity contribution < 1.29 is 8.42 Å². The van der Waals surface area contributed by atoms with Gasteiger partial charge in [0.1, 0.15) is 12.2 Å². The first-order valence-electron chi connectivity index (χ1n) is 5.83. The highest BCUT2D eigenvalue weighted by atomic mass is 32.2. The number of aryl methyl sites for hydroxylation is 1. The Morgan fingerprint density at radius 2 is 2.41 bits per heavy atom. The summed E-state index contributed by atoms with van der Waals surface area (Å²) in [4.78, 5) is 0. The number of sulfone groups is 1. The summed E-state index contributed by atoms with van der Waals surface area (Å²) in [6, 6.07) is 0.0991. The molecule has 6 nitrogen and oxygen atoms in total. The van der Waals surface area contributed by atoms with Gasteiger partial charge in [-0.2, -0.15) is 0 Å². The molecule has 0 spiro atoms. The van der Waals surface area contributed by atoms with Gasteiger partial charge in [0.25, 0.3) is 0 Å². The fourth-order valence-electron chi connectivity index (χ4n) is 2.11. The van der Waals surface area contributed by atoms with Gasteiger partial charge in [0.2, 0.25) is 0 Å². The molecule has 1 unspecified atom stereocenters.